The molecule has 0 fully saturated rings. The first-order valence-electron chi connectivity index (χ1n) is 4.24. The molecule has 0 spiro atoms. The van der Waals surface area contributed by atoms with Crippen LogP contribution in [0, 0.1) is 11.3 Å². The molecule has 0 aliphatic heterocycles. The summed E-state index contributed by atoms with van der Waals surface area (Å²) in [7, 11) is 0. The zero-order valence-corrected chi connectivity index (χ0v) is 7.08. The van der Waals surface area contributed by atoms with Crippen LogP contribution in [0.5, 0.6) is 0 Å². The molecule has 0 aromatic carbocycles. The lowest BCUT2D eigenvalue weighted by molar-refractivity contribution is 0.0971. The summed E-state index contributed by atoms with van der Waals surface area (Å²) in [6.45, 7) is 0. The quantitative estimate of drug-likeness (QED) is 0.595. The molecule has 1 aromatic heterocycles. The third-order valence-corrected chi connectivity index (χ3v) is 2.21. The Morgan fingerprint density at radius 3 is 3.00 bits per heavy atom. The molecule has 0 bridgehead atoms. The topological polar surface area (TPSA) is 53.8 Å². The van der Waals surface area contributed by atoms with Crippen molar-refractivity contribution in [1.82, 2.24) is 4.98 Å². The molecule has 13 heavy (non-hydrogen) atoms. The fraction of sp³-hybridized carbons (Fsp3) is 0.300. The second kappa shape index (κ2) is 2.98. The first-order chi connectivity index (χ1) is 6.31. The van der Waals surface area contributed by atoms with Crippen LogP contribution in [-0.4, -0.2) is 10.8 Å². The third-order valence-electron chi connectivity index (χ3n) is 2.21. The van der Waals surface area contributed by atoms with Gasteiger partial charge in [0, 0.05) is 12.0 Å². The summed E-state index contributed by atoms with van der Waals surface area (Å²) in [5.74, 6) is 0.151. The second-order valence-corrected chi connectivity index (χ2v) is 3.08. The Morgan fingerprint density at radius 2 is 2.23 bits per heavy atom. The van der Waals surface area contributed by atoms with Gasteiger partial charge in [-0.25, -0.2) is 4.98 Å². The highest BCUT2D eigenvalue weighted by Crippen LogP contribution is 2.19. The van der Waals surface area contributed by atoms with Gasteiger partial charge in [-0.05, 0) is 25.0 Å². The maximum atomic E-state index is 11.4. The summed E-state index contributed by atoms with van der Waals surface area (Å²) in [6, 6.07) is 5.28. The molecule has 0 atom stereocenters. The summed E-state index contributed by atoms with van der Waals surface area (Å²) < 4.78 is 0. The molecule has 3 heteroatoms. The lowest BCUT2D eigenvalue weighted by atomic mass is 9.95. The van der Waals surface area contributed by atoms with Crippen molar-refractivity contribution in [2.45, 2.75) is 19.3 Å². The number of aromatic nitrogens is 1. The van der Waals surface area contributed by atoms with Crippen molar-refractivity contribution in [2.75, 3.05) is 0 Å². The number of Topliss-reactive ketones (excluding diaryl/α,β-unsaturated/α-hetero) is 1. The molecule has 0 amide bonds. The van der Waals surface area contributed by atoms with Crippen molar-refractivity contribution < 1.29 is 4.79 Å². The van der Waals surface area contributed by atoms with E-state index in [1.807, 2.05) is 6.07 Å². The predicted molar refractivity (Wildman–Crippen MR) is 46.2 cm³/mol. The highest BCUT2D eigenvalue weighted by atomic mass is 16.1. The molecule has 1 aromatic rings. The number of hydrogen-bond acceptors (Lipinski definition) is 3. The van der Waals surface area contributed by atoms with Crippen LogP contribution in [0.3, 0.4) is 0 Å². The zero-order chi connectivity index (χ0) is 9.26. The minimum absolute atomic E-state index is 0.151. The van der Waals surface area contributed by atoms with Gasteiger partial charge >= 0.3 is 0 Å². The Kier molecular flexibility index (Phi) is 1.82. The van der Waals surface area contributed by atoms with Crippen molar-refractivity contribution in [2.24, 2.45) is 0 Å². The number of rotatable bonds is 0. The van der Waals surface area contributed by atoms with E-state index in [2.05, 4.69) is 4.98 Å². The fourth-order valence-electron chi connectivity index (χ4n) is 1.56. The first kappa shape index (κ1) is 7.93. The Morgan fingerprint density at radius 1 is 1.38 bits per heavy atom. The van der Waals surface area contributed by atoms with E-state index in [1.165, 1.54) is 0 Å². The number of hydrogen-bond donors (Lipinski definition) is 0. The minimum Gasteiger partial charge on any atom is -0.294 e. The molecular formula is C10H8N2O. The maximum Gasteiger partial charge on any atom is 0.164 e. The zero-order valence-electron chi connectivity index (χ0n) is 7.08. The summed E-state index contributed by atoms with van der Waals surface area (Å²) in [6.07, 6.45) is 2.28. The Bertz CT molecular complexity index is 404. The van der Waals surface area contributed by atoms with Crippen LogP contribution >= 0.6 is 0 Å². The van der Waals surface area contributed by atoms with Crippen LogP contribution in [0.15, 0.2) is 12.1 Å². The Balaban J connectivity index is 2.53. The molecule has 1 aliphatic carbocycles. The van der Waals surface area contributed by atoms with Gasteiger partial charge in [0.25, 0.3) is 0 Å². The van der Waals surface area contributed by atoms with Gasteiger partial charge in [0.15, 0.2) is 5.78 Å². The monoisotopic (exact) mass is 172 g/mol. The number of ketones is 1. The van der Waals surface area contributed by atoms with Crippen LogP contribution in [0.2, 0.25) is 0 Å². The van der Waals surface area contributed by atoms with E-state index in [4.69, 9.17) is 5.26 Å². The number of nitriles is 1. The van der Waals surface area contributed by atoms with Crippen LogP contribution < -0.4 is 0 Å². The summed E-state index contributed by atoms with van der Waals surface area (Å²) >= 11 is 0. The van der Waals surface area contributed by atoms with Gasteiger partial charge < -0.3 is 0 Å². The molecule has 0 unspecified atom stereocenters. The molecule has 0 radical (unpaired) electrons. The van der Waals surface area contributed by atoms with Crippen LogP contribution in [0.25, 0.3) is 0 Å². The highest BCUT2D eigenvalue weighted by molar-refractivity contribution is 5.97. The predicted octanol–water partition coefficient (Wildman–Crippen LogP) is 1.47. The van der Waals surface area contributed by atoms with E-state index in [-0.39, 0.29) is 5.78 Å². The van der Waals surface area contributed by atoms with Crippen LogP contribution in [0.4, 0.5) is 0 Å². The first-order valence-corrected chi connectivity index (χ1v) is 4.24. The Labute approximate surface area is 76.0 Å². The lowest BCUT2D eigenvalue weighted by Crippen LogP contribution is -2.12. The summed E-state index contributed by atoms with van der Waals surface area (Å²) in [5.41, 5.74) is 1.88. The molecular weight excluding hydrogens is 164 g/mol. The van der Waals surface area contributed by atoms with E-state index in [0.717, 1.165) is 18.5 Å². The molecule has 0 saturated carbocycles. The van der Waals surface area contributed by atoms with Crippen LogP contribution in [0.1, 0.15) is 34.6 Å². The van der Waals surface area contributed by atoms with E-state index in [0.29, 0.717) is 17.7 Å². The van der Waals surface area contributed by atoms with E-state index >= 15 is 0 Å². The van der Waals surface area contributed by atoms with Gasteiger partial charge in [-0.2, -0.15) is 5.26 Å². The van der Waals surface area contributed by atoms with Crippen molar-refractivity contribution in [3.05, 3.63) is 29.1 Å². The van der Waals surface area contributed by atoms with Gasteiger partial charge in [-0.15, -0.1) is 0 Å². The van der Waals surface area contributed by atoms with Crippen molar-refractivity contribution >= 4 is 5.78 Å². The van der Waals surface area contributed by atoms with Gasteiger partial charge in [-0.3, -0.25) is 4.79 Å². The van der Waals surface area contributed by atoms with E-state index < -0.39 is 0 Å². The number of carbonyl (C=O) groups is 1. The van der Waals surface area contributed by atoms with Crippen molar-refractivity contribution in [3.8, 4) is 6.07 Å². The van der Waals surface area contributed by atoms with Gasteiger partial charge in [0.2, 0.25) is 0 Å². The number of aryl methyl sites for hydroxylation is 1. The van der Waals surface area contributed by atoms with Crippen molar-refractivity contribution in [1.29, 1.82) is 5.26 Å². The molecule has 0 N–H and O–H groups in total. The third kappa shape index (κ3) is 1.31. The molecule has 2 rings (SSSR count). The normalized spacial score (nSPS) is 14.8. The smallest absolute Gasteiger partial charge is 0.164 e. The fourth-order valence-corrected chi connectivity index (χ4v) is 1.56. The molecule has 1 heterocycles. The van der Waals surface area contributed by atoms with Gasteiger partial charge in [0.1, 0.15) is 11.8 Å². The average molecular weight is 172 g/mol. The SMILES string of the molecule is N#Cc1ccc2c(n1)CCCC2=O. The standard InChI is InChI=1S/C10H8N2O/c11-6-7-4-5-8-9(12-7)2-1-3-10(8)13/h4-5H,1-3H2. The summed E-state index contributed by atoms with van der Waals surface area (Å²) in [5, 5.41) is 8.61. The number of pyridine rings is 1. The molecule has 1 aliphatic rings. The summed E-state index contributed by atoms with van der Waals surface area (Å²) in [4.78, 5) is 15.5. The van der Waals surface area contributed by atoms with E-state index in [1.54, 1.807) is 12.1 Å². The van der Waals surface area contributed by atoms with Gasteiger partial charge in [-0.1, -0.05) is 0 Å². The van der Waals surface area contributed by atoms with Gasteiger partial charge in [0.05, 0.1) is 5.69 Å². The van der Waals surface area contributed by atoms with Crippen LogP contribution in [-0.2, 0) is 6.42 Å². The maximum absolute atomic E-state index is 11.4. The van der Waals surface area contributed by atoms with E-state index in [9.17, 15) is 4.79 Å². The highest BCUT2D eigenvalue weighted by Gasteiger charge is 2.17. The minimum atomic E-state index is 0.151. The Hall–Kier alpha value is -1.69. The number of fused-ring (bicyclic) bond motifs is 1. The molecule has 3 nitrogen and oxygen atoms in total. The number of nitrogens with zero attached hydrogens (tertiary/aromatic N) is 2. The molecule has 64 valence electrons. The number of carbonyl (C=O) groups excluding carboxylic acids is 1. The molecule has 0 saturated heterocycles. The average Bonchev–Trinajstić information content (AvgIpc) is 2.18. The largest absolute Gasteiger partial charge is 0.294 e. The van der Waals surface area contributed by atoms with Crippen molar-refractivity contribution in [3.63, 3.8) is 0 Å². The lowest BCUT2D eigenvalue weighted by Gasteiger charge is -2.12. The second-order valence-electron chi connectivity index (χ2n) is 3.08.